The minimum atomic E-state index is -0.0286. The maximum atomic E-state index is 4.29. The minimum absolute atomic E-state index is 0.0286. The van der Waals surface area contributed by atoms with Crippen LogP contribution < -0.4 is 0 Å². The molecule has 0 aromatic heterocycles. The molecular formula is C45H36. The molecule has 0 fully saturated rings. The number of hydrogen-bond donors (Lipinski definition) is 0. The van der Waals surface area contributed by atoms with E-state index in [4.69, 9.17) is 0 Å². The van der Waals surface area contributed by atoms with Gasteiger partial charge in [-0.3, -0.25) is 0 Å². The number of hydrogen-bond acceptors (Lipinski definition) is 0. The van der Waals surface area contributed by atoms with E-state index in [0.29, 0.717) is 0 Å². The highest BCUT2D eigenvalue weighted by Gasteiger charge is 2.35. The van der Waals surface area contributed by atoms with Crippen LogP contribution in [0.25, 0.3) is 79.6 Å². The number of benzene rings is 6. The van der Waals surface area contributed by atoms with Crippen LogP contribution in [0.15, 0.2) is 136 Å². The molecule has 216 valence electrons. The zero-order valence-corrected chi connectivity index (χ0v) is 26.0. The standard InChI is InChI=1S/C45H36/c1-7-29-16-15-20-38(33(29)8-2)44-35(10-4)34(9-3)43(39-18-11-12-19-40(39)44)31-24-22-30(23-25-31)32-26-27-37-36-17-13-14-21-41(36)45(5,6)42(37)28-32/h7-28H,1-4H2,5-6H3. The molecule has 0 atom stereocenters. The molecule has 0 radical (unpaired) electrons. The van der Waals surface area contributed by atoms with Crippen molar-refractivity contribution in [2.24, 2.45) is 0 Å². The zero-order chi connectivity index (χ0) is 31.3. The van der Waals surface area contributed by atoms with Gasteiger partial charge in [-0.25, -0.2) is 0 Å². The van der Waals surface area contributed by atoms with Crippen LogP contribution in [0.3, 0.4) is 0 Å². The molecule has 45 heavy (non-hydrogen) atoms. The Kier molecular flexibility index (Phi) is 6.87. The molecule has 0 heteroatoms. The summed E-state index contributed by atoms with van der Waals surface area (Å²) in [6, 6.07) is 39.7. The van der Waals surface area contributed by atoms with E-state index in [9.17, 15) is 0 Å². The van der Waals surface area contributed by atoms with Gasteiger partial charge in [-0.05, 0) is 94.7 Å². The Balaban J connectivity index is 1.39. The van der Waals surface area contributed by atoms with Crippen molar-refractivity contribution in [3.05, 3.63) is 169 Å². The molecule has 0 bridgehead atoms. The average molecular weight is 577 g/mol. The van der Waals surface area contributed by atoms with Crippen molar-refractivity contribution in [2.75, 3.05) is 0 Å². The van der Waals surface area contributed by atoms with Gasteiger partial charge in [0.25, 0.3) is 0 Å². The lowest BCUT2D eigenvalue weighted by atomic mass is 9.81. The van der Waals surface area contributed by atoms with E-state index in [1.54, 1.807) is 0 Å². The molecule has 0 amide bonds. The molecule has 0 N–H and O–H groups in total. The van der Waals surface area contributed by atoms with E-state index >= 15 is 0 Å². The van der Waals surface area contributed by atoms with Gasteiger partial charge in [-0.15, -0.1) is 0 Å². The Morgan fingerprint density at radius 1 is 0.444 bits per heavy atom. The van der Waals surface area contributed by atoms with Crippen molar-refractivity contribution in [3.63, 3.8) is 0 Å². The van der Waals surface area contributed by atoms with Gasteiger partial charge >= 0.3 is 0 Å². The summed E-state index contributed by atoms with van der Waals surface area (Å²) in [7, 11) is 0. The van der Waals surface area contributed by atoms with Crippen LogP contribution in [-0.4, -0.2) is 0 Å². The van der Waals surface area contributed by atoms with Crippen LogP contribution in [0.1, 0.15) is 47.2 Å². The van der Waals surface area contributed by atoms with Crippen molar-refractivity contribution in [1.29, 1.82) is 0 Å². The molecule has 0 spiro atoms. The van der Waals surface area contributed by atoms with Crippen LogP contribution >= 0.6 is 0 Å². The predicted molar refractivity (Wildman–Crippen MR) is 198 cm³/mol. The summed E-state index contributed by atoms with van der Waals surface area (Å²) >= 11 is 0. The molecule has 1 aliphatic rings. The second kappa shape index (κ2) is 10.9. The van der Waals surface area contributed by atoms with Gasteiger partial charge in [-0.1, -0.05) is 168 Å². The Bertz CT molecular complexity index is 2180. The molecule has 0 saturated heterocycles. The minimum Gasteiger partial charge on any atom is -0.0984 e. The van der Waals surface area contributed by atoms with Crippen molar-refractivity contribution in [3.8, 4) is 44.5 Å². The summed E-state index contributed by atoms with van der Waals surface area (Å²) in [4.78, 5) is 0. The Labute approximate surface area is 267 Å². The van der Waals surface area contributed by atoms with Crippen molar-refractivity contribution in [2.45, 2.75) is 19.3 Å². The SMILES string of the molecule is C=Cc1cccc(-c2c(C=C)c(C=C)c(-c3ccc(-c4ccc5c(c4)C(C)(C)c4ccccc4-5)cc3)c3ccccc23)c1C=C. The normalized spacial score (nSPS) is 12.8. The smallest absolute Gasteiger partial charge is 0.0159 e. The summed E-state index contributed by atoms with van der Waals surface area (Å²) in [5.74, 6) is 0. The second-order valence-electron chi connectivity index (χ2n) is 12.3. The summed E-state index contributed by atoms with van der Waals surface area (Å²) in [6.07, 6.45) is 7.75. The maximum Gasteiger partial charge on any atom is 0.0159 e. The molecular weight excluding hydrogens is 540 g/mol. The van der Waals surface area contributed by atoms with E-state index in [-0.39, 0.29) is 5.41 Å². The third kappa shape index (κ3) is 4.29. The topological polar surface area (TPSA) is 0 Å². The van der Waals surface area contributed by atoms with Gasteiger partial charge in [0.05, 0.1) is 0 Å². The fourth-order valence-electron chi connectivity index (χ4n) is 7.42. The lowest BCUT2D eigenvalue weighted by Crippen LogP contribution is -2.14. The third-order valence-corrected chi connectivity index (χ3v) is 9.63. The Morgan fingerprint density at radius 3 is 1.69 bits per heavy atom. The second-order valence-corrected chi connectivity index (χ2v) is 12.3. The van der Waals surface area contributed by atoms with E-state index in [2.05, 4.69) is 149 Å². The van der Waals surface area contributed by atoms with Gasteiger partial charge in [0.2, 0.25) is 0 Å². The molecule has 0 saturated carbocycles. The fraction of sp³-hybridized carbons (Fsp3) is 0.0667. The largest absolute Gasteiger partial charge is 0.0984 e. The highest BCUT2D eigenvalue weighted by Crippen LogP contribution is 2.50. The molecule has 0 nitrogen and oxygen atoms in total. The molecule has 6 aromatic carbocycles. The molecule has 0 unspecified atom stereocenters. The Hall–Kier alpha value is -5.46. The molecule has 0 aliphatic heterocycles. The van der Waals surface area contributed by atoms with Gasteiger partial charge in [0, 0.05) is 5.41 Å². The lowest BCUT2D eigenvalue weighted by Gasteiger charge is -2.22. The van der Waals surface area contributed by atoms with Crippen LogP contribution in [-0.2, 0) is 5.41 Å². The van der Waals surface area contributed by atoms with Crippen LogP contribution in [0.5, 0.6) is 0 Å². The molecule has 7 rings (SSSR count). The summed E-state index contributed by atoms with van der Waals surface area (Å²) in [5, 5.41) is 2.35. The zero-order valence-electron chi connectivity index (χ0n) is 26.0. The van der Waals surface area contributed by atoms with Crippen LogP contribution in [0.2, 0.25) is 0 Å². The summed E-state index contributed by atoms with van der Waals surface area (Å²) < 4.78 is 0. The first kappa shape index (κ1) is 28.3. The number of rotatable bonds is 7. The van der Waals surface area contributed by atoms with Crippen molar-refractivity contribution in [1.82, 2.24) is 0 Å². The van der Waals surface area contributed by atoms with Crippen LogP contribution in [0.4, 0.5) is 0 Å². The van der Waals surface area contributed by atoms with Gasteiger partial charge in [0.1, 0.15) is 0 Å². The summed E-state index contributed by atoms with van der Waals surface area (Å²) in [5.41, 5.74) is 16.7. The van der Waals surface area contributed by atoms with Crippen molar-refractivity contribution < 1.29 is 0 Å². The van der Waals surface area contributed by atoms with Gasteiger partial charge in [0.15, 0.2) is 0 Å². The van der Waals surface area contributed by atoms with E-state index in [1.165, 1.54) is 44.2 Å². The van der Waals surface area contributed by atoms with Crippen LogP contribution in [0, 0.1) is 0 Å². The van der Waals surface area contributed by atoms with Gasteiger partial charge in [-0.2, -0.15) is 0 Å². The molecule has 6 aromatic rings. The van der Waals surface area contributed by atoms with Gasteiger partial charge < -0.3 is 0 Å². The van der Waals surface area contributed by atoms with E-state index < -0.39 is 0 Å². The summed E-state index contributed by atoms with van der Waals surface area (Å²) in [6.45, 7) is 21.4. The first-order valence-electron chi connectivity index (χ1n) is 15.5. The average Bonchev–Trinajstić information content (AvgIpc) is 3.32. The van der Waals surface area contributed by atoms with E-state index in [1.807, 2.05) is 24.3 Å². The monoisotopic (exact) mass is 576 g/mol. The third-order valence-electron chi connectivity index (χ3n) is 9.63. The predicted octanol–water partition coefficient (Wildman–Crippen LogP) is 12.7. The highest BCUT2D eigenvalue weighted by molar-refractivity contribution is 6.12. The lowest BCUT2D eigenvalue weighted by molar-refractivity contribution is 0.660. The first-order valence-corrected chi connectivity index (χ1v) is 15.5. The molecule has 0 heterocycles. The fourth-order valence-corrected chi connectivity index (χ4v) is 7.42. The van der Waals surface area contributed by atoms with E-state index in [0.717, 1.165) is 44.5 Å². The highest BCUT2D eigenvalue weighted by atomic mass is 14.4. The number of fused-ring (bicyclic) bond motifs is 4. The maximum absolute atomic E-state index is 4.29. The quantitative estimate of drug-likeness (QED) is 0.177. The Morgan fingerprint density at radius 2 is 1.00 bits per heavy atom. The first-order chi connectivity index (χ1) is 21.9. The molecule has 1 aliphatic carbocycles. The van der Waals surface area contributed by atoms with Crippen molar-refractivity contribution >= 4 is 35.1 Å².